The van der Waals surface area contributed by atoms with Crippen molar-refractivity contribution in [3.05, 3.63) is 40.5 Å². The lowest BCUT2D eigenvalue weighted by Gasteiger charge is -2.12. The van der Waals surface area contributed by atoms with Crippen molar-refractivity contribution in [2.75, 3.05) is 19.6 Å². The quantitative estimate of drug-likeness (QED) is 0.522. The second-order valence-electron chi connectivity index (χ2n) is 6.49. The number of methoxy groups -OCH3 is 2. The molecular weight excluding hydrogens is 360 g/mol. The van der Waals surface area contributed by atoms with Crippen LogP contribution >= 0.6 is 11.3 Å². The summed E-state index contributed by atoms with van der Waals surface area (Å²) in [5.41, 5.74) is 6.21. The van der Waals surface area contributed by atoms with Gasteiger partial charge in [0.25, 0.3) is 0 Å². The van der Waals surface area contributed by atoms with Crippen LogP contribution in [0, 0.1) is 0 Å². The summed E-state index contributed by atoms with van der Waals surface area (Å²) in [5, 5.41) is 5.69. The van der Waals surface area contributed by atoms with Crippen molar-refractivity contribution < 1.29 is 9.47 Å². The van der Waals surface area contributed by atoms with Gasteiger partial charge in [0.15, 0.2) is 5.82 Å². The summed E-state index contributed by atoms with van der Waals surface area (Å²) < 4.78 is 10.8. The number of nitrogens with one attached hydrogen (secondary N) is 1. The molecule has 0 radical (unpaired) electrons. The first kappa shape index (κ1) is 17.7. The normalized spacial score (nSPS) is 14.1. The van der Waals surface area contributed by atoms with Gasteiger partial charge in [0.1, 0.15) is 22.7 Å². The first-order valence-electron chi connectivity index (χ1n) is 8.99. The Hall–Kier alpha value is -2.67. The van der Waals surface area contributed by atoms with E-state index in [1.165, 1.54) is 23.3 Å². The lowest BCUT2D eigenvalue weighted by molar-refractivity contribution is 0.402. The van der Waals surface area contributed by atoms with Crippen LogP contribution in [-0.4, -0.2) is 29.9 Å². The van der Waals surface area contributed by atoms with Crippen molar-refractivity contribution in [1.82, 2.24) is 9.97 Å². The zero-order valence-corrected chi connectivity index (χ0v) is 16.5. The Morgan fingerprint density at radius 2 is 2.00 bits per heavy atom. The van der Waals surface area contributed by atoms with Gasteiger partial charge in [-0.1, -0.05) is 0 Å². The Bertz CT molecular complexity index is 1010. The van der Waals surface area contributed by atoms with Crippen LogP contribution in [0.1, 0.15) is 35.8 Å². The fraction of sp³-hybridized carbons (Fsp3) is 0.350. The largest absolute Gasteiger partial charge is 0.497 e. The Morgan fingerprint density at radius 3 is 2.81 bits per heavy atom. The van der Waals surface area contributed by atoms with E-state index in [1.807, 2.05) is 25.1 Å². The fourth-order valence-corrected chi connectivity index (χ4v) is 4.70. The van der Waals surface area contributed by atoms with E-state index in [0.717, 1.165) is 51.7 Å². The molecule has 0 saturated heterocycles. The summed E-state index contributed by atoms with van der Waals surface area (Å²) in [6, 6.07) is 5.67. The maximum Gasteiger partial charge on any atom is 0.158 e. The number of benzene rings is 1. The Kier molecular flexibility index (Phi) is 4.94. The number of hydrogen-bond acceptors (Lipinski definition) is 7. The van der Waals surface area contributed by atoms with E-state index in [0.29, 0.717) is 0 Å². The first-order valence-corrected chi connectivity index (χ1v) is 9.81. The van der Waals surface area contributed by atoms with Gasteiger partial charge in [0, 0.05) is 10.4 Å². The molecule has 1 aliphatic carbocycles. The lowest BCUT2D eigenvalue weighted by Crippen LogP contribution is -2.05. The molecule has 0 unspecified atom stereocenters. The number of nitrogens with zero attached hydrogens (tertiary/aromatic N) is 3. The summed E-state index contributed by atoms with van der Waals surface area (Å²) in [6.45, 7) is 1.94. The molecule has 27 heavy (non-hydrogen) atoms. The minimum absolute atomic E-state index is 0.750. The topological polar surface area (TPSA) is 68.6 Å². The molecule has 2 heterocycles. The monoisotopic (exact) mass is 382 g/mol. The van der Waals surface area contributed by atoms with Crippen LogP contribution < -0.4 is 14.9 Å². The number of fused-ring (bicyclic) bond motifs is 3. The number of aryl methyl sites for hydroxylation is 2. The number of thiophene rings is 1. The van der Waals surface area contributed by atoms with Crippen molar-refractivity contribution >= 4 is 33.1 Å². The van der Waals surface area contributed by atoms with Crippen molar-refractivity contribution in [1.29, 1.82) is 0 Å². The summed E-state index contributed by atoms with van der Waals surface area (Å²) in [6.07, 6.45) is 6.30. The lowest BCUT2D eigenvalue weighted by atomic mass is 9.97. The molecule has 3 aromatic rings. The van der Waals surface area contributed by atoms with Gasteiger partial charge in [-0.15, -0.1) is 11.3 Å². The second kappa shape index (κ2) is 7.52. The molecule has 0 bridgehead atoms. The minimum Gasteiger partial charge on any atom is -0.497 e. The molecule has 0 fully saturated rings. The Labute approximate surface area is 162 Å². The summed E-state index contributed by atoms with van der Waals surface area (Å²) in [7, 11) is 3.30. The average Bonchev–Trinajstić information content (AvgIpc) is 3.10. The number of aromatic nitrogens is 2. The smallest absolute Gasteiger partial charge is 0.158 e. The number of hydrazone groups is 1. The minimum atomic E-state index is 0.750. The van der Waals surface area contributed by atoms with Crippen LogP contribution in [0.3, 0.4) is 0 Å². The molecule has 2 aromatic heterocycles. The van der Waals surface area contributed by atoms with Gasteiger partial charge in [-0.05, 0) is 56.4 Å². The predicted molar refractivity (Wildman–Crippen MR) is 109 cm³/mol. The highest BCUT2D eigenvalue weighted by atomic mass is 32.1. The maximum absolute atomic E-state index is 5.46. The van der Waals surface area contributed by atoms with Crippen LogP contribution in [-0.2, 0) is 12.8 Å². The predicted octanol–water partition coefficient (Wildman–Crippen LogP) is 4.42. The van der Waals surface area contributed by atoms with Gasteiger partial charge in [0.2, 0.25) is 0 Å². The highest BCUT2D eigenvalue weighted by molar-refractivity contribution is 7.19. The van der Waals surface area contributed by atoms with Gasteiger partial charge < -0.3 is 9.47 Å². The van der Waals surface area contributed by atoms with Gasteiger partial charge in [-0.2, -0.15) is 5.10 Å². The van der Waals surface area contributed by atoms with Crippen LogP contribution in [0.15, 0.2) is 29.6 Å². The van der Waals surface area contributed by atoms with Crippen molar-refractivity contribution in [3.8, 4) is 11.5 Å². The van der Waals surface area contributed by atoms with Gasteiger partial charge in [-0.25, -0.2) is 9.97 Å². The Morgan fingerprint density at radius 1 is 1.15 bits per heavy atom. The van der Waals surface area contributed by atoms with Crippen LogP contribution in [0.2, 0.25) is 0 Å². The molecule has 0 aliphatic heterocycles. The standard InChI is InChI=1S/C20H22N4O2S/c1-12(15-10-13(25-2)8-9-16(15)26-3)23-24-19-18-14-6-4-5-7-17(14)27-20(18)22-11-21-19/h8-11H,4-7H2,1-3H3,(H,21,22,24)/b23-12+. The zero-order chi connectivity index (χ0) is 18.8. The summed E-state index contributed by atoms with van der Waals surface area (Å²) in [5.74, 6) is 2.27. The number of anilines is 1. The molecule has 6 nitrogen and oxygen atoms in total. The highest BCUT2D eigenvalue weighted by Gasteiger charge is 2.19. The molecule has 1 aromatic carbocycles. The number of ether oxygens (including phenoxy) is 2. The third kappa shape index (κ3) is 3.35. The fourth-order valence-electron chi connectivity index (χ4n) is 3.47. The Balaban J connectivity index is 1.70. The molecule has 1 N–H and O–H groups in total. The summed E-state index contributed by atoms with van der Waals surface area (Å²) >= 11 is 1.78. The molecule has 0 saturated carbocycles. The molecule has 0 atom stereocenters. The van der Waals surface area contributed by atoms with E-state index in [9.17, 15) is 0 Å². The van der Waals surface area contributed by atoms with Crippen LogP contribution in [0.5, 0.6) is 11.5 Å². The third-order valence-electron chi connectivity index (χ3n) is 4.88. The van der Waals surface area contributed by atoms with E-state index in [2.05, 4.69) is 20.5 Å². The first-order chi connectivity index (χ1) is 13.2. The van der Waals surface area contributed by atoms with E-state index >= 15 is 0 Å². The SMILES string of the molecule is COc1ccc(OC)c(/C(C)=N/Nc2ncnc3sc4c(c23)CCCC4)c1. The van der Waals surface area contributed by atoms with Crippen molar-refractivity contribution in [2.45, 2.75) is 32.6 Å². The molecule has 1 aliphatic rings. The molecule has 0 amide bonds. The van der Waals surface area contributed by atoms with Crippen molar-refractivity contribution in [3.63, 3.8) is 0 Å². The molecule has 4 rings (SSSR count). The van der Waals surface area contributed by atoms with Crippen LogP contribution in [0.4, 0.5) is 5.82 Å². The number of rotatable bonds is 5. The third-order valence-corrected chi connectivity index (χ3v) is 6.08. The van der Waals surface area contributed by atoms with Gasteiger partial charge in [-0.3, -0.25) is 5.43 Å². The van der Waals surface area contributed by atoms with Gasteiger partial charge in [0.05, 0.1) is 25.3 Å². The maximum atomic E-state index is 5.46. The van der Waals surface area contributed by atoms with E-state index in [-0.39, 0.29) is 0 Å². The number of hydrogen-bond donors (Lipinski definition) is 1. The molecule has 7 heteroatoms. The molecule has 0 spiro atoms. The van der Waals surface area contributed by atoms with E-state index in [1.54, 1.807) is 31.9 Å². The second-order valence-corrected chi connectivity index (χ2v) is 7.57. The van der Waals surface area contributed by atoms with Gasteiger partial charge >= 0.3 is 0 Å². The van der Waals surface area contributed by atoms with E-state index in [4.69, 9.17) is 9.47 Å². The van der Waals surface area contributed by atoms with Crippen molar-refractivity contribution in [2.24, 2.45) is 5.10 Å². The zero-order valence-electron chi connectivity index (χ0n) is 15.7. The molecule has 140 valence electrons. The van der Waals surface area contributed by atoms with Crippen LogP contribution in [0.25, 0.3) is 10.2 Å². The van der Waals surface area contributed by atoms with E-state index < -0.39 is 0 Å². The highest BCUT2D eigenvalue weighted by Crippen LogP contribution is 2.38. The summed E-state index contributed by atoms with van der Waals surface area (Å²) in [4.78, 5) is 11.4. The molecular formula is C20H22N4O2S. The average molecular weight is 382 g/mol.